The van der Waals surface area contributed by atoms with E-state index in [0.29, 0.717) is 0 Å². The molecule has 0 aromatic heterocycles. The van der Waals surface area contributed by atoms with E-state index in [1.807, 2.05) is 41.5 Å². The monoisotopic (exact) mass is 342 g/mol. The molecule has 0 N–H and O–H groups in total. The molecule has 2 aliphatic carbocycles. The highest BCUT2D eigenvalue weighted by Gasteiger charge is 2.24. The van der Waals surface area contributed by atoms with Crippen LogP contribution in [0, 0.1) is 11.8 Å². The van der Waals surface area contributed by atoms with Crippen LogP contribution < -0.4 is 0 Å². The first-order valence-electron chi connectivity index (χ1n) is 9.95. The third kappa shape index (κ3) is 11.3. The summed E-state index contributed by atoms with van der Waals surface area (Å²) in [5.41, 5.74) is -0.0883. The SMILES string of the molecule is C1CCC(C2CCCCC2)CC1.CC(C)(C)O[SiH2]OC(C)(C)C. The van der Waals surface area contributed by atoms with Crippen molar-refractivity contribution in [2.75, 3.05) is 0 Å². The molecule has 138 valence electrons. The summed E-state index contributed by atoms with van der Waals surface area (Å²) in [5, 5.41) is 0. The quantitative estimate of drug-likeness (QED) is 0.607. The van der Waals surface area contributed by atoms with Crippen molar-refractivity contribution in [2.45, 2.75) is 117 Å². The van der Waals surface area contributed by atoms with Crippen LogP contribution in [0.4, 0.5) is 0 Å². The Morgan fingerprint density at radius 2 is 0.870 bits per heavy atom. The van der Waals surface area contributed by atoms with Gasteiger partial charge in [-0.15, -0.1) is 0 Å². The third-order valence-electron chi connectivity index (χ3n) is 4.95. The number of rotatable bonds is 3. The van der Waals surface area contributed by atoms with Gasteiger partial charge < -0.3 is 8.85 Å². The fourth-order valence-electron chi connectivity index (χ4n) is 3.59. The lowest BCUT2D eigenvalue weighted by Gasteiger charge is -2.32. The maximum absolute atomic E-state index is 5.52. The summed E-state index contributed by atoms with van der Waals surface area (Å²) in [6, 6.07) is 0. The van der Waals surface area contributed by atoms with Crippen molar-refractivity contribution < 1.29 is 8.85 Å². The van der Waals surface area contributed by atoms with Crippen LogP contribution in [0.5, 0.6) is 0 Å². The van der Waals surface area contributed by atoms with Crippen LogP contribution >= 0.6 is 0 Å². The van der Waals surface area contributed by atoms with Crippen LogP contribution in [0.15, 0.2) is 0 Å². The molecule has 0 aromatic rings. The molecule has 2 aliphatic rings. The zero-order chi connectivity index (χ0) is 17.3. The molecule has 2 saturated carbocycles. The van der Waals surface area contributed by atoms with Crippen molar-refractivity contribution >= 4 is 10.0 Å². The Morgan fingerprint density at radius 3 is 1.13 bits per heavy atom. The minimum atomic E-state index is -0.797. The molecule has 0 spiro atoms. The highest BCUT2D eigenvalue weighted by Crippen LogP contribution is 2.37. The van der Waals surface area contributed by atoms with Gasteiger partial charge in [0.1, 0.15) is 0 Å². The first-order chi connectivity index (χ1) is 10.7. The van der Waals surface area contributed by atoms with Crippen molar-refractivity contribution in [1.82, 2.24) is 0 Å². The lowest BCUT2D eigenvalue weighted by Crippen LogP contribution is -2.29. The predicted octanol–water partition coefficient (Wildman–Crippen LogP) is 5.76. The zero-order valence-corrected chi connectivity index (χ0v) is 18.2. The van der Waals surface area contributed by atoms with E-state index in [2.05, 4.69) is 0 Å². The Bertz CT molecular complexity index is 262. The Balaban J connectivity index is 0.000000232. The fraction of sp³-hybridized carbons (Fsp3) is 1.00. The minimum absolute atomic E-state index is 0.0442. The molecule has 3 heteroatoms. The van der Waals surface area contributed by atoms with Gasteiger partial charge in [0, 0.05) is 11.2 Å². The molecule has 0 aromatic carbocycles. The number of hydrogen-bond acceptors (Lipinski definition) is 2. The Labute approximate surface area is 148 Å². The molecular weight excluding hydrogens is 300 g/mol. The van der Waals surface area contributed by atoms with Crippen LogP contribution in [0.25, 0.3) is 0 Å². The summed E-state index contributed by atoms with van der Waals surface area (Å²) in [6.07, 6.45) is 15.4. The largest absolute Gasteiger partial charge is 0.394 e. The van der Waals surface area contributed by atoms with Crippen molar-refractivity contribution in [3.8, 4) is 0 Å². The van der Waals surface area contributed by atoms with Crippen LogP contribution in [0.2, 0.25) is 0 Å². The highest BCUT2D eigenvalue weighted by atomic mass is 28.3. The van der Waals surface area contributed by atoms with Crippen molar-refractivity contribution in [3.05, 3.63) is 0 Å². The maximum atomic E-state index is 5.52. The first-order valence-corrected chi connectivity index (χ1v) is 11.1. The van der Waals surface area contributed by atoms with Gasteiger partial charge in [-0.3, -0.25) is 0 Å². The van der Waals surface area contributed by atoms with Gasteiger partial charge in [-0.1, -0.05) is 64.2 Å². The van der Waals surface area contributed by atoms with Gasteiger partial charge in [-0.2, -0.15) is 0 Å². The van der Waals surface area contributed by atoms with E-state index in [0.717, 1.165) is 11.8 Å². The van der Waals surface area contributed by atoms with E-state index in [1.165, 1.54) is 38.5 Å². The molecule has 2 rings (SSSR count). The zero-order valence-electron chi connectivity index (χ0n) is 16.7. The van der Waals surface area contributed by atoms with E-state index in [4.69, 9.17) is 8.85 Å². The second-order valence-corrected chi connectivity index (χ2v) is 10.2. The van der Waals surface area contributed by atoms with Gasteiger partial charge in [0.25, 0.3) is 0 Å². The summed E-state index contributed by atoms with van der Waals surface area (Å²) in [4.78, 5) is 0. The molecule has 0 radical (unpaired) electrons. The van der Waals surface area contributed by atoms with Crippen molar-refractivity contribution in [3.63, 3.8) is 0 Å². The summed E-state index contributed by atoms with van der Waals surface area (Å²) < 4.78 is 11.0. The smallest absolute Gasteiger partial charge is 0.305 e. The van der Waals surface area contributed by atoms with E-state index in [1.54, 1.807) is 25.7 Å². The van der Waals surface area contributed by atoms with Crippen LogP contribution in [-0.2, 0) is 8.85 Å². The lowest BCUT2D eigenvalue weighted by atomic mass is 9.73. The van der Waals surface area contributed by atoms with Gasteiger partial charge >= 0.3 is 10.0 Å². The number of hydrogen-bond donors (Lipinski definition) is 0. The van der Waals surface area contributed by atoms with E-state index < -0.39 is 10.0 Å². The summed E-state index contributed by atoms with van der Waals surface area (Å²) in [5.74, 6) is 2.28. The average Bonchev–Trinajstić information content (AvgIpc) is 2.47. The van der Waals surface area contributed by atoms with E-state index in [-0.39, 0.29) is 11.2 Å². The molecule has 0 aliphatic heterocycles. The molecule has 2 fully saturated rings. The summed E-state index contributed by atoms with van der Waals surface area (Å²) in [7, 11) is -0.797. The topological polar surface area (TPSA) is 18.5 Å². The fourth-order valence-corrected chi connectivity index (χ4v) is 4.36. The molecule has 0 amide bonds. The second kappa shape index (κ2) is 10.2. The summed E-state index contributed by atoms with van der Waals surface area (Å²) >= 11 is 0. The van der Waals surface area contributed by atoms with Gasteiger partial charge in [-0.05, 0) is 53.4 Å². The minimum Gasteiger partial charge on any atom is -0.394 e. The lowest BCUT2D eigenvalue weighted by molar-refractivity contribution is 0.0511. The van der Waals surface area contributed by atoms with Gasteiger partial charge in [0.05, 0.1) is 0 Å². The molecule has 0 heterocycles. The van der Waals surface area contributed by atoms with Crippen molar-refractivity contribution in [1.29, 1.82) is 0 Å². The van der Waals surface area contributed by atoms with E-state index in [9.17, 15) is 0 Å². The maximum Gasteiger partial charge on any atom is 0.305 e. The van der Waals surface area contributed by atoms with Gasteiger partial charge in [0.2, 0.25) is 0 Å². The third-order valence-corrected chi connectivity index (χ3v) is 6.92. The van der Waals surface area contributed by atoms with Crippen LogP contribution in [0.1, 0.15) is 106 Å². The average molecular weight is 343 g/mol. The Morgan fingerprint density at radius 1 is 0.565 bits per heavy atom. The van der Waals surface area contributed by atoms with Crippen molar-refractivity contribution in [2.24, 2.45) is 11.8 Å². The Hall–Kier alpha value is 0.137. The predicted molar refractivity (Wildman–Crippen MR) is 103 cm³/mol. The van der Waals surface area contributed by atoms with Gasteiger partial charge in [-0.25, -0.2) is 0 Å². The van der Waals surface area contributed by atoms with Crippen LogP contribution in [0.3, 0.4) is 0 Å². The highest BCUT2D eigenvalue weighted by molar-refractivity contribution is 6.18. The molecular formula is C20H42O2Si. The molecule has 0 bridgehead atoms. The standard InChI is InChI=1S/C12H22.C8H20O2Si/c1-3-7-11(8-4-1)12-9-5-2-6-10-12;1-7(2,3)9-11-10-8(4,5)6/h11-12H,1-10H2;11H2,1-6H3. The molecule has 0 saturated heterocycles. The van der Waals surface area contributed by atoms with Gasteiger partial charge in [0.15, 0.2) is 0 Å². The summed E-state index contributed by atoms with van der Waals surface area (Å²) in [6.45, 7) is 12.3. The Kier molecular flexibility index (Phi) is 9.39. The normalized spacial score (nSPS) is 21.7. The first kappa shape index (κ1) is 21.2. The molecule has 23 heavy (non-hydrogen) atoms. The molecule has 0 atom stereocenters. The molecule has 2 nitrogen and oxygen atoms in total. The second-order valence-electron chi connectivity index (χ2n) is 9.43. The molecule has 0 unspecified atom stereocenters. The van der Waals surface area contributed by atoms with E-state index >= 15 is 0 Å². The van der Waals surface area contributed by atoms with Crippen LogP contribution in [-0.4, -0.2) is 21.2 Å².